The third-order valence-electron chi connectivity index (χ3n) is 4.82. The molecule has 0 saturated carbocycles. The van der Waals surface area contributed by atoms with Crippen molar-refractivity contribution < 1.29 is 4.79 Å². The number of amides is 1. The Kier molecular flexibility index (Phi) is 5.06. The summed E-state index contributed by atoms with van der Waals surface area (Å²) in [5.41, 5.74) is 1.39. The molecule has 1 atom stereocenters. The van der Waals surface area contributed by atoms with Gasteiger partial charge in [-0.3, -0.25) is 9.59 Å². The molecule has 1 aliphatic rings. The lowest BCUT2D eigenvalue weighted by molar-refractivity contribution is -0.133. The zero-order chi connectivity index (χ0) is 18.0. The Balaban J connectivity index is 1.86. The summed E-state index contributed by atoms with van der Waals surface area (Å²) in [6.45, 7) is 4.22. The highest BCUT2D eigenvalue weighted by molar-refractivity contribution is 5.78. The summed E-state index contributed by atoms with van der Waals surface area (Å²) in [4.78, 5) is 33.5. The van der Waals surface area contributed by atoms with E-state index in [1.54, 1.807) is 9.47 Å². The minimum absolute atomic E-state index is 0.130. The van der Waals surface area contributed by atoms with E-state index in [1.165, 1.54) is 6.42 Å². The van der Waals surface area contributed by atoms with Gasteiger partial charge >= 0.3 is 0 Å². The normalized spacial score (nSPS) is 17.7. The van der Waals surface area contributed by atoms with Gasteiger partial charge in [0.05, 0.1) is 11.0 Å². The number of hydrogen-bond acceptors (Lipinski definition) is 4. The van der Waals surface area contributed by atoms with Crippen molar-refractivity contribution >= 4 is 22.8 Å². The molecule has 3 rings (SSSR count). The van der Waals surface area contributed by atoms with Gasteiger partial charge in [0.1, 0.15) is 0 Å². The fourth-order valence-corrected chi connectivity index (χ4v) is 3.47. The summed E-state index contributed by atoms with van der Waals surface area (Å²) >= 11 is 0. The number of carbonyl (C=O) groups excluding carboxylic acids is 1. The van der Waals surface area contributed by atoms with Gasteiger partial charge in [0.25, 0.3) is 5.56 Å². The highest BCUT2D eigenvalue weighted by Gasteiger charge is 2.21. The maximum Gasteiger partial charge on any atom is 0.293 e. The zero-order valence-corrected chi connectivity index (χ0v) is 15.2. The Hall–Kier alpha value is -2.37. The van der Waals surface area contributed by atoms with Gasteiger partial charge in [-0.15, -0.1) is 0 Å². The number of anilines is 1. The average molecular weight is 342 g/mol. The highest BCUT2D eigenvalue weighted by Crippen LogP contribution is 2.17. The number of likely N-dealkylation sites (tertiary alicyclic amines) is 1. The molecule has 1 fully saturated rings. The molecule has 134 valence electrons. The van der Waals surface area contributed by atoms with Gasteiger partial charge < -0.3 is 14.4 Å². The summed E-state index contributed by atoms with van der Waals surface area (Å²) in [5, 5.41) is 0. The summed E-state index contributed by atoms with van der Waals surface area (Å²) in [6, 6.07) is 7.58. The van der Waals surface area contributed by atoms with Gasteiger partial charge in [-0.25, -0.2) is 4.98 Å². The molecule has 1 aromatic heterocycles. The molecule has 2 heterocycles. The quantitative estimate of drug-likeness (QED) is 0.854. The molecular weight excluding hydrogens is 316 g/mol. The average Bonchev–Trinajstić information content (AvgIpc) is 2.60. The topological polar surface area (TPSA) is 58.4 Å². The Bertz CT molecular complexity index is 828. The van der Waals surface area contributed by atoms with Crippen molar-refractivity contribution in [2.24, 2.45) is 5.92 Å². The molecule has 1 saturated heterocycles. The maximum atomic E-state index is 12.8. The van der Waals surface area contributed by atoms with Crippen LogP contribution in [0.1, 0.15) is 26.2 Å². The van der Waals surface area contributed by atoms with E-state index in [2.05, 4.69) is 11.9 Å². The predicted octanol–water partition coefficient (Wildman–Crippen LogP) is 2.11. The van der Waals surface area contributed by atoms with Crippen LogP contribution in [0.2, 0.25) is 0 Å². The second-order valence-corrected chi connectivity index (χ2v) is 7.11. The van der Waals surface area contributed by atoms with Crippen molar-refractivity contribution in [1.82, 2.24) is 14.5 Å². The van der Waals surface area contributed by atoms with E-state index in [1.807, 2.05) is 43.3 Å². The Morgan fingerprint density at radius 2 is 2.08 bits per heavy atom. The molecule has 6 nitrogen and oxygen atoms in total. The van der Waals surface area contributed by atoms with Crippen LogP contribution < -0.4 is 10.5 Å². The third-order valence-corrected chi connectivity index (χ3v) is 4.82. The van der Waals surface area contributed by atoms with Gasteiger partial charge in [0, 0.05) is 40.2 Å². The van der Waals surface area contributed by atoms with E-state index in [4.69, 9.17) is 0 Å². The predicted molar refractivity (Wildman–Crippen MR) is 99.9 cm³/mol. The van der Waals surface area contributed by atoms with E-state index in [0.717, 1.165) is 30.5 Å². The first-order valence-electron chi connectivity index (χ1n) is 8.92. The second-order valence-electron chi connectivity index (χ2n) is 7.11. The van der Waals surface area contributed by atoms with Crippen LogP contribution in [0.15, 0.2) is 29.1 Å². The van der Waals surface area contributed by atoms with Crippen LogP contribution in [0, 0.1) is 5.92 Å². The molecule has 25 heavy (non-hydrogen) atoms. The van der Waals surface area contributed by atoms with Crippen LogP contribution >= 0.6 is 0 Å². The van der Waals surface area contributed by atoms with Gasteiger partial charge in [-0.2, -0.15) is 0 Å². The number of carbonyl (C=O) groups is 1. The lowest BCUT2D eigenvalue weighted by Crippen LogP contribution is -2.40. The molecule has 0 bridgehead atoms. The molecule has 1 aliphatic heterocycles. The van der Waals surface area contributed by atoms with E-state index >= 15 is 0 Å². The van der Waals surface area contributed by atoms with E-state index < -0.39 is 0 Å². The second kappa shape index (κ2) is 7.25. The van der Waals surface area contributed by atoms with Crippen molar-refractivity contribution in [2.45, 2.75) is 32.7 Å². The standard InChI is InChI=1S/C19H26N4O2/c1-14-7-6-11-22(13-14)17(24)10-12-23-16-9-5-4-8-15(16)20-18(19(23)25)21(2)3/h4-5,8-9,14H,6-7,10-13H2,1-3H3. The minimum atomic E-state index is -0.150. The third kappa shape index (κ3) is 3.67. The van der Waals surface area contributed by atoms with Crippen molar-refractivity contribution in [1.29, 1.82) is 0 Å². The van der Waals surface area contributed by atoms with Crippen LogP contribution in [0.5, 0.6) is 0 Å². The molecule has 1 unspecified atom stereocenters. The number of benzene rings is 1. The lowest BCUT2D eigenvalue weighted by atomic mass is 10.00. The Morgan fingerprint density at radius 3 is 2.80 bits per heavy atom. The highest BCUT2D eigenvalue weighted by atomic mass is 16.2. The molecule has 0 spiro atoms. The Labute approximate surface area is 148 Å². The zero-order valence-electron chi connectivity index (χ0n) is 15.2. The van der Waals surface area contributed by atoms with Crippen LogP contribution in [0.25, 0.3) is 11.0 Å². The summed E-state index contributed by atoms with van der Waals surface area (Å²) in [5.74, 6) is 1.09. The number of rotatable bonds is 4. The summed E-state index contributed by atoms with van der Waals surface area (Å²) < 4.78 is 1.68. The minimum Gasteiger partial charge on any atom is -0.358 e. The fraction of sp³-hybridized carbons (Fsp3) is 0.526. The van der Waals surface area contributed by atoms with Crippen LogP contribution in [-0.4, -0.2) is 47.5 Å². The summed E-state index contributed by atoms with van der Waals surface area (Å²) in [6.07, 6.45) is 2.59. The smallest absolute Gasteiger partial charge is 0.293 e. The largest absolute Gasteiger partial charge is 0.358 e. The lowest BCUT2D eigenvalue weighted by Gasteiger charge is -2.31. The monoisotopic (exact) mass is 342 g/mol. The van der Waals surface area contributed by atoms with Crippen LogP contribution in [-0.2, 0) is 11.3 Å². The molecule has 0 N–H and O–H groups in total. The molecule has 0 radical (unpaired) electrons. The number of para-hydroxylation sites is 2. The first kappa shape index (κ1) is 17.5. The van der Waals surface area contributed by atoms with Crippen molar-refractivity contribution in [3.63, 3.8) is 0 Å². The van der Waals surface area contributed by atoms with E-state index in [0.29, 0.717) is 24.7 Å². The maximum absolute atomic E-state index is 12.8. The molecule has 6 heteroatoms. The number of piperidine rings is 1. The molecular formula is C19H26N4O2. The number of fused-ring (bicyclic) bond motifs is 1. The van der Waals surface area contributed by atoms with E-state index in [-0.39, 0.29) is 11.5 Å². The van der Waals surface area contributed by atoms with Gasteiger partial charge in [-0.05, 0) is 30.9 Å². The Morgan fingerprint density at radius 1 is 1.32 bits per heavy atom. The number of nitrogens with zero attached hydrogens (tertiary/aromatic N) is 4. The number of aromatic nitrogens is 2. The SMILES string of the molecule is CC1CCCN(C(=O)CCn2c(=O)c(N(C)C)nc3ccccc32)C1. The van der Waals surface area contributed by atoms with Gasteiger partial charge in [0.2, 0.25) is 5.91 Å². The molecule has 2 aromatic rings. The first-order valence-corrected chi connectivity index (χ1v) is 8.92. The number of aryl methyl sites for hydroxylation is 1. The molecule has 1 aromatic carbocycles. The number of hydrogen-bond donors (Lipinski definition) is 0. The van der Waals surface area contributed by atoms with E-state index in [9.17, 15) is 9.59 Å². The molecule has 0 aliphatic carbocycles. The van der Waals surface area contributed by atoms with Crippen molar-refractivity contribution in [3.8, 4) is 0 Å². The van der Waals surface area contributed by atoms with Gasteiger partial charge in [-0.1, -0.05) is 19.1 Å². The van der Waals surface area contributed by atoms with Crippen molar-refractivity contribution in [3.05, 3.63) is 34.6 Å². The first-order chi connectivity index (χ1) is 12.0. The fourth-order valence-electron chi connectivity index (χ4n) is 3.47. The van der Waals surface area contributed by atoms with Crippen LogP contribution in [0.3, 0.4) is 0 Å². The van der Waals surface area contributed by atoms with Gasteiger partial charge in [0.15, 0.2) is 5.82 Å². The van der Waals surface area contributed by atoms with Crippen molar-refractivity contribution in [2.75, 3.05) is 32.1 Å². The van der Waals surface area contributed by atoms with Crippen LogP contribution in [0.4, 0.5) is 5.82 Å². The summed E-state index contributed by atoms with van der Waals surface area (Å²) in [7, 11) is 3.62. The molecule has 1 amide bonds.